The molecule has 0 unspecified atom stereocenters. The van der Waals surface area contributed by atoms with Crippen molar-refractivity contribution in [3.05, 3.63) is 0 Å². The lowest BCUT2D eigenvalue weighted by Gasteiger charge is -2.29. The number of carbonyl (C=O) groups excluding carboxylic acids is 1. The lowest BCUT2D eigenvalue weighted by Crippen LogP contribution is -2.45. The normalized spacial score (nSPS) is 18.6. The van der Waals surface area contributed by atoms with Crippen LogP contribution in [0.1, 0.15) is 13.8 Å². The first-order valence-electron chi connectivity index (χ1n) is 5.17. The van der Waals surface area contributed by atoms with E-state index in [4.69, 9.17) is 4.74 Å². The van der Waals surface area contributed by atoms with Crippen molar-refractivity contribution in [3.8, 4) is 0 Å². The average Bonchev–Trinajstić information content (AvgIpc) is 2.18. The molecule has 0 aromatic heterocycles. The Morgan fingerprint density at radius 2 is 2.00 bits per heavy atom. The Hall–Kier alpha value is -0.610. The van der Waals surface area contributed by atoms with Crippen LogP contribution in [0.25, 0.3) is 0 Å². The van der Waals surface area contributed by atoms with Crippen LogP contribution >= 0.6 is 0 Å². The average molecular weight is 200 g/mol. The van der Waals surface area contributed by atoms with Gasteiger partial charge in [-0.2, -0.15) is 0 Å². The molecular weight excluding hydrogens is 180 g/mol. The van der Waals surface area contributed by atoms with Gasteiger partial charge in [-0.05, 0) is 13.8 Å². The molecule has 0 aromatic carbocycles. The topological polar surface area (TPSA) is 32.8 Å². The first-order chi connectivity index (χ1) is 6.61. The van der Waals surface area contributed by atoms with Gasteiger partial charge >= 0.3 is 0 Å². The Kier molecular flexibility index (Phi) is 4.35. The van der Waals surface area contributed by atoms with Gasteiger partial charge in [-0.1, -0.05) is 0 Å². The highest BCUT2D eigenvalue weighted by Gasteiger charge is 2.17. The number of hydrogen-bond acceptors (Lipinski definition) is 3. The zero-order chi connectivity index (χ0) is 10.6. The number of carbonyl (C=O) groups is 1. The highest BCUT2D eigenvalue weighted by Crippen LogP contribution is 2.00. The van der Waals surface area contributed by atoms with E-state index >= 15 is 0 Å². The molecule has 0 N–H and O–H groups in total. The number of likely N-dealkylation sites (N-methyl/N-ethyl adjacent to an activating group) is 1. The third-order valence-corrected chi connectivity index (χ3v) is 2.63. The minimum absolute atomic E-state index is 0.196. The van der Waals surface area contributed by atoms with Crippen molar-refractivity contribution in [3.63, 3.8) is 0 Å². The summed E-state index contributed by atoms with van der Waals surface area (Å²) in [7, 11) is 1.85. The lowest BCUT2D eigenvalue weighted by molar-refractivity contribution is -0.133. The van der Waals surface area contributed by atoms with Crippen molar-refractivity contribution >= 4 is 5.91 Å². The van der Waals surface area contributed by atoms with E-state index in [1.165, 1.54) is 0 Å². The minimum Gasteiger partial charge on any atom is -0.379 e. The molecule has 0 radical (unpaired) electrons. The smallest absolute Gasteiger partial charge is 0.236 e. The van der Waals surface area contributed by atoms with Crippen LogP contribution in [0.4, 0.5) is 0 Å². The maximum absolute atomic E-state index is 11.7. The minimum atomic E-state index is 0.196. The zero-order valence-corrected chi connectivity index (χ0v) is 9.32. The predicted octanol–water partition coefficient (Wildman–Crippen LogP) is 0.185. The third-order valence-electron chi connectivity index (χ3n) is 2.63. The first kappa shape index (κ1) is 11.5. The van der Waals surface area contributed by atoms with Crippen LogP contribution in [-0.2, 0) is 9.53 Å². The molecule has 82 valence electrons. The summed E-state index contributed by atoms with van der Waals surface area (Å²) in [6.07, 6.45) is 0. The molecule has 4 heteroatoms. The molecule has 14 heavy (non-hydrogen) atoms. The highest BCUT2D eigenvalue weighted by atomic mass is 16.5. The summed E-state index contributed by atoms with van der Waals surface area (Å²) in [6.45, 7) is 7.82. The molecule has 1 rings (SSSR count). The second kappa shape index (κ2) is 5.32. The van der Waals surface area contributed by atoms with E-state index in [1.54, 1.807) is 4.90 Å². The molecule has 1 aliphatic heterocycles. The number of amides is 1. The van der Waals surface area contributed by atoms with Crippen LogP contribution < -0.4 is 0 Å². The SMILES string of the molecule is CC(C)N(C)C(=O)CN1CCOCC1. The van der Waals surface area contributed by atoms with Gasteiger partial charge in [0.1, 0.15) is 0 Å². The van der Waals surface area contributed by atoms with Crippen molar-refractivity contribution in [2.45, 2.75) is 19.9 Å². The second-order valence-electron chi connectivity index (χ2n) is 3.99. The second-order valence-corrected chi connectivity index (χ2v) is 3.99. The van der Waals surface area contributed by atoms with Crippen LogP contribution in [0, 0.1) is 0 Å². The van der Waals surface area contributed by atoms with E-state index < -0.39 is 0 Å². The zero-order valence-electron chi connectivity index (χ0n) is 9.32. The van der Waals surface area contributed by atoms with Crippen LogP contribution in [0.2, 0.25) is 0 Å². The number of rotatable bonds is 3. The molecular formula is C10H20N2O2. The third kappa shape index (κ3) is 3.27. The Morgan fingerprint density at radius 3 is 2.50 bits per heavy atom. The van der Waals surface area contributed by atoms with E-state index in [0.29, 0.717) is 6.54 Å². The van der Waals surface area contributed by atoms with Gasteiger partial charge in [0.05, 0.1) is 19.8 Å². The summed E-state index contributed by atoms with van der Waals surface area (Å²) in [5, 5.41) is 0. The van der Waals surface area contributed by atoms with Crippen molar-refractivity contribution < 1.29 is 9.53 Å². The summed E-state index contributed by atoms with van der Waals surface area (Å²) in [4.78, 5) is 15.6. The summed E-state index contributed by atoms with van der Waals surface area (Å²) in [5.41, 5.74) is 0. The van der Waals surface area contributed by atoms with Crippen LogP contribution in [0.15, 0.2) is 0 Å². The molecule has 1 amide bonds. The standard InChI is InChI=1S/C10H20N2O2/c1-9(2)11(3)10(13)8-12-4-6-14-7-5-12/h9H,4-8H2,1-3H3. The Labute approximate surface area is 85.8 Å². The van der Waals surface area contributed by atoms with E-state index in [2.05, 4.69) is 4.90 Å². The summed E-state index contributed by atoms with van der Waals surface area (Å²) in [6, 6.07) is 0.281. The van der Waals surface area contributed by atoms with Crippen LogP contribution in [0.5, 0.6) is 0 Å². The summed E-state index contributed by atoms with van der Waals surface area (Å²) in [5.74, 6) is 0.196. The molecule has 0 saturated carbocycles. The van der Waals surface area contributed by atoms with Crippen molar-refractivity contribution in [2.24, 2.45) is 0 Å². The molecule has 1 heterocycles. The molecule has 4 nitrogen and oxygen atoms in total. The van der Waals surface area contributed by atoms with Crippen molar-refractivity contribution in [2.75, 3.05) is 39.9 Å². The predicted molar refractivity (Wildman–Crippen MR) is 55.2 cm³/mol. The number of hydrogen-bond donors (Lipinski definition) is 0. The fourth-order valence-electron chi connectivity index (χ4n) is 1.35. The molecule has 1 saturated heterocycles. The lowest BCUT2D eigenvalue weighted by atomic mass is 10.3. The van der Waals surface area contributed by atoms with E-state index in [9.17, 15) is 4.79 Å². The Balaban J connectivity index is 2.31. The Bertz CT molecular complexity index is 189. The maximum atomic E-state index is 11.7. The number of ether oxygens (including phenoxy) is 1. The van der Waals surface area contributed by atoms with Gasteiger partial charge in [0, 0.05) is 26.2 Å². The molecule has 0 atom stereocenters. The van der Waals surface area contributed by atoms with Crippen molar-refractivity contribution in [1.29, 1.82) is 0 Å². The number of nitrogens with zero attached hydrogens (tertiary/aromatic N) is 2. The molecule has 0 spiro atoms. The van der Waals surface area contributed by atoms with Gasteiger partial charge < -0.3 is 9.64 Å². The van der Waals surface area contributed by atoms with E-state index in [0.717, 1.165) is 26.3 Å². The molecule has 0 aliphatic carbocycles. The van der Waals surface area contributed by atoms with Crippen molar-refractivity contribution in [1.82, 2.24) is 9.80 Å². The fourth-order valence-corrected chi connectivity index (χ4v) is 1.35. The fraction of sp³-hybridized carbons (Fsp3) is 0.900. The molecule has 1 fully saturated rings. The summed E-state index contributed by atoms with van der Waals surface area (Å²) >= 11 is 0. The maximum Gasteiger partial charge on any atom is 0.236 e. The highest BCUT2D eigenvalue weighted by molar-refractivity contribution is 5.78. The van der Waals surface area contributed by atoms with Gasteiger partial charge in [0.25, 0.3) is 0 Å². The molecule has 0 aromatic rings. The van der Waals surface area contributed by atoms with Gasteiger partial charge in [-0.3, -0.25) is 9.69 Å². The first-order valence-corrected chi connectivity index (χ1v) is 5.17. The summed E-state index contributed by atoms with van der Waals surface area (Å²) < 4.78 is 5.22. The van der Waals surface area contributed by atoms with Gasteiger partial charge in [-0.15, -0.1) is 0 Å². The van der Waals surface area contributed by atoms with Crippen LogP contribution in [-0.4, -0.2) is 61.6 Å². The van der Waals surface area contributed by atoms with E-state index in [-0.39, 0.29) is 11.9 Å². The van der Waals surface area contributed by atoms with Gasteiger partial charge in [0.15, 0.2) is 0 Å². The molecule has 1 aliphatic rings. The monoisotopic (exact) mass is 200 g/mol. The van der Waals surface area contributed by atoms with Crippen LogP contribution in [0.3, 0.4) is 0 Å². The largest absolute Gasteiger partial charge is 0.379 e. The van der Waals surface area contributed by atoms with Gasteiger partial charge in [0.2, 0.25) is 5.91 Å². The number of morpholine rings is 1. The Morgan fingerprint density at radius 1 is 1.43 bits per heavy atom. The van der Waals surface area contributed by atoms with E-state index in [1.807, 2.05) is 20.9 Å². The quantitative estimate of drug-likeness (QED) is 0.652. The van der Waals surface area contributed by atoms with Gasteiger partial charge in [-0.25, -0.2) is 0 Å². The molecule has 0 bridgehead atoms.